The third-order valence-electron chi connectivity index (χ3n) is 5.25. The molecule has 26 heavy (non-hydrogen) atoms. The summed E-state index contributed by atoms with van der Waals surface area (Å²) >= 11 is 0. The zero-order valence-electron chi connectivity index (χ0n) is 14.9. The van der Waals surface area contributed by atoms with Crippen LogP contribution in [0.2, 0.25) is 0 Å². The number of likely N-dealkylation sites (tertiary alicyclic amines) is 1. The molecule has 0 aromatic carbocycles. The van der Waals surface area contributed by atoms with Gasteiger partial charge in [-0.05, 0) is 18.9 Å². The summed E-state index contributed by atoms with van der Waals surface area (Å²) in [5.41, 5.74) is 0. The first-order valence-corrected chi connectivity index (χ1v) is 9.31. The second-order valence-electron chi connectivity index (χ2n) is 6.97. The maximum absolute atomic E-state index is 12.7. The fourth-order valence-corrected chi connectivity index (χ4v) is 3.78. The van der Waals surface area contributed by atoms with E-state index in [0.717, 1.165) is 63.9 Å². The molecule has 2 fully saturated rings. The molecule has 1 N–H and O–H groups in total. The number of imidazole rings is 1. The molecule has 0 spiro atoms. The third-order valence-corrected chi connectivity index (χ3v) is 5.25. The van der Waals surface area contributed by atoms with Gasteiger partial charge in [-0.1, -0.05) is 0 Å². The number of carbonyl (C=O) groups excluding carboxylic acids is 1. The lowest BCUT2D eigenvalue weighted by atomic mass is 9.97. The maximum Gasteiger partial charge on any atom is 0.236 e. The van der Waals surface area contributed by atoms with Gasteiger partial charge < -0.3 is 14.8 Å². The van der Waals surface area contributed by atoms with Crippen molar-refractivity contribution in [1.82, 2.24) is 29.7 Å². The van der Waals surface area contributed by atoms with Gasteiger partial charge in [-0.15, -0.1) is 0 Å². The Labute approximate surface area is 153 Å². The molecular weight excluding hydrogens is 330 g/mol. The summed E-state index contributed by atoms with van der Waals surface area (Å²) in [6, 6.07) is 1.83. The van der Waals surface area contributed by atoms with Crippen LogP contribution < -0.4 is 4.90 Å². The van der Waals surface area contributed by atoms with Gasteiger partial charge in [0, 0.05) is 70.0 Å². The highest BCUT2D eigenvalue weighted by atomic mass is 16.2. The van der Waals surface area contributed by atoms with Crippen molar-refractivity contribution in [2.75, 3.05) is 50.7 Å². The molecule has 0 unspecified atom stereocenters. The van der Waals surface area contributed by atoms with Crippen molar-refractivity contribution < 1.29 is 4.79 Å². The van der Waals surface area contributed by atoms with Gasteiger partial charge in [0.2, 0.25) is 11.9 Å². The average Bonchev–Trinajstić information content (AvgIpc) is 3.24. The fourth-order valence-electron chi connectivity index (χ4n) is 3.78. The number of hydrogen-bond acceptors (Lipinski definition) is 6. The minimum Gasteiger partial charge on any atom is -0.348 e. The van der Waals surface area contributed by atoms with E-state index in [0.29, 0.717) is 12.5 Å². The van der Waals surface area contributed by atoms with E-state index in [4.69, 9.17) is 0 Å². The van der Waals surface area contributed by atoms with E-state index in [-0.39, 0.29) is 5.91 Å². The molecule has 8 heteroatoms. The predicted molar refractivity (Wildman–Crippen MR) is 97.8 cm³/mol. The molecule has 4 rings (SSSR count). The van der Waals surface area contributed by atoms with Crippen molar-refractivity contribution in [2.45, 2.75) is 18.8 Å². The lowest BCUT2D eigenvalue weighted by Gasteiger charge is -2.37. The highest BCUT2D eigenvalue weighted by Crippen LogP contribution is 2.24. The Bertz CT molecular complexity index is 698. The summed E-state index contributed by atoms with van der Waals surface area (Å²) in [5.74, 6) is 2.33. The van der Waals surface area contributed by atoms with Crippen LogP contribution in [0.4, 0.5) is 5.95 Å². The van der Waals surface area contributed by atoms with Gasteiger partial charge in [0.05, 0.1) is 6.54 Å². The topological polar surface area (TPSA) is 81.2 Å². The number of carbonyl (C=O) groups is 1. The highest BCUT2D eigenvalue weighted by molar-refractivity contribution is 5.78. The number of amides is 1. The van der Waals surface area contributed by atoms with Crippen LogP contribution in [0.25, 0.3) is 0 Å². The number of piperidine rings is 1. The summed E-state index contributed by atoms with van der Waals surface area (Å²) < 4.78 is 0. The van der Waals surface area contributed by atoms with Gasteiger partial charge >= 0.3 is 0 Å². The number of anilines is 1. The smallest absolute Gasteiger partial charge is 0.236 e. The zero-order chi connectivity index (χ0) is 17.8. The van der Waals surface area contributed by atoms with Crippen molar-refractivity contribution >= 4 is 11.9 Å². The monoisotopic (exact) mass is 355 g/mol. The minimum atomic E-state index is 0.227. The first-order chi connectivity index (χ1) is 12.8. The van der Waals surface area contributed by atoms with Gasteiger partial charge in [-0.25, -0.2) is 15.0 Å². The SMILES string of the molecule is O=C(CN1CCN(c2ncccn2)CC1)N1CCC[C@@H](c2ncc[nH]2)C1. The number of nitrogens with zero attached hydrogens (tertiary/aromatic N) is 6. The van der Waals surface area contributed by atoms with Crippen LogP contribution in [0.1, 0.15) is 24.6 Å². The van der Waals surface area contributed by atoms with Gasteiger partial charge in [-0.3, -0.25) is 9.69 Å². The van der Waals surface area contributed by atoms with E-state index in [1.165, 1.54) is 0 Å². The summed E-state index contributed by atoms with van der Waals surface area (Å²) in [5, 5.41) is 0. The van der Waals surface area contributed by atoms with Gasteiger partial charge in [0.15, 0.2) is 0 Å². The predicted octanol–water partition coefficient (Wildman–Crippen LogP) is 0.728. The largest absolute Gasteiger partial charge is 0.348 e. The first-order valence-electron chi connectivity index (χ1n) is 9.31. The molecule has 0 aliphatic carbocycles. The highest BCUT2D eigenvalue weighted by Gasteiger charge is 2.28. The maximum atomic E-state index is 12.7. The van der Waals surface area contributed by atoms with E-state index < -0.39 is 0 Å². The van der Waals surface area contributed by atoms with E-state index in [2.05, 4.69) is 29.7 Å². The van der Waals surface area contributed by atoms with E-state index in [1.54, 1.807) is 18.6 Å². The third kappa shape index (κ3) is 3.85. The quantitative estimate of drug-likeness (QED) is 0.871. The first kappa shape index (κ1) is 17.0. The van der Waals surface area contributed by atoms with E-state index in [9.17, 15) is 4.79 Å². The Balaban J connectivity index is 1.27. The second kappa shape index (κ2) is 7.82. The summed E-state index contributed by atoms with van der Waals surface area (Å²) in [7, 11) is 0. The number of aromatic nitrogens is 4. The lowest BCUT2D eigenvalue weighted by Crippen LogP contribution is -2.51. The summed E-state index contributed by atoms with van der Waals surface area (Å²) in [6.45, 7) is 5.55. The van der Waals surface area contributed by atoms with E-state index in [1.807, 2.05) is 17.2 Å². The van der Waals surface area contributed by atoms with Crippen molar-refractivity contribution in [2.24, 2.45) is 0 Å². The van der Waals surface area contributed by atoms with Crippen LogP contribution >= 0.6 is 0 Å². The van der Waals surface area contributed by atoms with Gasteiger partial charge in [-0.2, -0.15) is 0 Å². The Kier molecular flexibility index (Phi) is 5.10. The number of piperazine rings is 1. The molecule has 0 saturated carbocycles. The van der Waals surface area contributed by atoms with Gasteiger partial charge in [0.1, 0.15) is 5.82 Å². The minimum absolute atomic E-state index is 0.227. The molecule has 138 valence electrons. The number of H-pyrrole nitrogens is 1. The Hall–Kier alpha value is -2.48. The number of aromatic amines is 1. The lowest BCUT2D eigenvalue weighted by molar-refractivity contribution is -0.133. The Morgan fingerprint density at radius 3 is 2.62 bits per heavy atom. The second-order valence-corrected chi connectivity index (χ2v) is 6.97. The van der Waals surface area contributed by atoms with Crippen molar-refractivity contribution in [3.8, 4) is 0 Å². The molecule has 0 bridgehead atoms. The Morgan fingerprint density at radius 2 is 1.88 bits per heavy atom. The molecule has 2 aromatic rings. The normalized spacial score (nSPS) is 21.8. The van der Waals surface area contributed by atoms with Crippen LogP contribution in [0.3, 0.4) is 0 Å². The number of nitrogens with one attached hydrogen (secondary N) is 1. The molecule has 8 nitrogen and oxygen atoms in total. The number of rotatable bonds is 4. The van der Waals surface area contributed by atoms with Crippen molar-refractivity contribution in [3.05, 3.63) is 36.7 Å². The molecule has 0 radical (unpaired) electrons. The summed E-state index contributed by atoms with van der Waals surface area (Å²) in [4.78, 5) is 35.3. The summed E-state index contributed by atoms with van der Waals surface area (Å²) in [6.07, 6.45) is 9.30. The van der Waals surface area contributed by atoms with Crippen molar-refractivity contribution in [3.63, 3.8) is 0 Å². The molecular formula is C18H25N7O. The fraction of sp³-hybridized carbons (Fsp3) is 0.556. The van der Waals surface area contributed by atoms with E-state index >= 15 is 0 Å². The van der Waals surface area contributed by atoms with Crippen molar-refractivity contribution in [1.29, 1.82) is 0 Å². The standard InChI is InChI=1S/C18H25N7O/c26-16(25-8-1-3-15(13-25)17-19-6-7-20-17)14-23-9-11-24(12-10-23)18-21-4-2-5-22-18/h2,4-7,15H,1,3,8-14H2,(H,19,20)/t15-/m1/s1. The Morgan fingerprint density at radius 1 is 1.08 bits per heavy atom. The zero-order valence-corrected chi connectivity index (χ0v) is 14.9. The average molecular weight is 355 g/mol. The molecule has 1 amide bonds. The molecule has 1 atom stereocenters. The molecule has 2 aliphatic rings. The molecule has 2 aliphatic heterocycles. The molecule has 2 saturated heterocycles. The number of hydrogen-bond donors (Lipinski definition) is 1. The van der Waals surface area contributed by atoms with Crippen LogP contribution in [0, 0.1) is 0 Å². The molecule has 2 aromatic heterocycles. The van der Waals surface area contributed by atoms with Gasteiger partial charge in [0.25, 0.3) is 0 Å². The van der Waals surface area contributed by atoms with Crippen LogP contribution in [0.5, 0.6) is 0 Å². The van der Waals surface area contributed by atoms with Crippen LogP contribution in [0.15, 0.2) is 30.9 Å². The van der Waals surface area contributed by atoms with Crippen LogP contribution in [-0.2, 0) is 4.79 Å². The molecule has 4 heterocycles. The van der Waals surface area contributed by atoms with Crippen LogP contribution in [-0.4, -0.2) is 81.5 Å².